The first kappa shape index (κ1) is 20.4. The summed E-state index contributed by atoms with van der Waals surface area (Å²) in [4.78, 5) is 23.4. The van der Waals surface area contributed by atoms with Crippen molar-refractivity contribution in [2.45, 2.75) is 84.8 Å². The highest BCUT2D eigenvalue weighted by atomic mass is 16.5. The Hall–Kier alpha value is -1.36. The van der Waals surface area contributed by atoms with Crippen molar-refractivity contribution in [2.75, 3.05) is 6.61 Å². The number of fused-ring (bicyclic) bond motifs is 1. The quantitative estimate of drug-likeness (QED) is 0.754. The van der Waals surface area contributed by atoms with Crippen molar-refractivity contribution in [3.05, 3.63) is 11.6 Å². The highest BCUT2D eigenvalue weighted by molar-refractivity contribution is 5.90. The summed E-state index contributed by atoms with van der Waals surface area (Å²) in [7, 11) is 0. The van der Waals surface area contributed by atoms with Crippen LogP contribution in [0.4, 0.5) is 0 Å². The van der Waals surface area contributed by atoms with E-state index in [1.165, 1.54) is 6.92 Å². The Morgan fingerprint density at radius 2 is 2.00 bits per heavy atom. The molecule has 3 aliphatic rings. The molecule has 2 aliphatic carbocycles. The zero-order valence-corrected chi connectivity index (χ0v) is 17.3. The fourth-order valence-electron chi connectivity index (χ4n) is 6.32. The molecule has 2 saturated carbocycles. The molecule has 0 spiro atoms. The largest absolute Gasteiger partial charge is 0.462 e. The van der Waals surface area contributed by atoms with E-state index in [0.717, 1.165) is 25.7 Å². The minimum atomic E-state index is -0.849. The number of carbonyl (C=O) groups is 2. The first-order valence-electron chi connectivity index (χ1n) is 10.3. The van der Waals surface area contributed by atoms with Gasteiger partial charge in [0.1, 0.15) is 12.7 Å². The molecule has 0 amide bonds. The number of hydrogen-bond donors (Lipinski definition) is 1. The van der Waals surface area contributed by atoms with Gasteiger partial charge in [0.05, 0.1) is 5.60 Å². The minimum Gasteiger partial charge on any atom is -0.462 e. The normalized spacial score (nSPS) is 40.7. The molecule has 2 fully saturated rings. The molecule has 1 heterocycles. The molecule has 5 nitrogen and oxygen atoms in total. The second-order valence-electron chi connectivity index (χ2n) is 9.66. The Morgan fingerprint density at radius 1 is 1.30 bits per heavy atom. The maximum Gasteiger partial charge on any atom is 0.334 e. The van der Waals surface area contributed by atoms with E-state index in [1.807, 2.05) is 6.08 Å². The molecule has 0 aromatic heterocycles. The number of cyclic esters (lactones) is 1. The monoisotopic (exact) mass is 378 g/mol. The van der Waals surface area contributed by atoms with Crippen LogP contribution in [0, 0.1) is 22.7 Å². The lowest BCUT2D eigenvalue weighted by Gasteiger charge is -2.64. The molecule has 0 bridgehead atoms. The highest BCUT2D eigenvalue weighted by Gasteiger charge is 2.63. The number of esters is 2. The molecular formula is C22H34O5. The van der Waals surface area contributed by atoms with Crippen LogP contribution in [0.2, 0.25) is 0 Å². The van der Waals surface area contributed by atoms with Crippen molar-refractivity contribution in [1.82, 2.24) is 0 Å². The Bertz CT molecular complexity index is 651. The molecule has 5 heteroatoms. The lowest BCUT2D eigenvalue weighted by molar-refractivity contribution is -0.236. The highest BCUT2D eigenvalue weighted by Crippen LogP contribution is 2.64. The molecule has 1 aliphatic heterocycles. The molecule has 0 radical (unpaired) electrons. The SMILES string of the molecule is CC(=O)OC1CCC2(C)C(CCC(C)C2(O)CCC2=CCOC2=O)C1(C)C. The van der Waals surface area contributed by atoms with Gasteiger partial charge in [-0.25, -0.2) is 4.79 Å². The van der Waals surface area contributed by atoms with Crippen LogP contribution in [-0.4, -0.2) is 35.4 Å². The molecule has 1 N–H and O–H groups in total. The molecule has 5 atom stereocenters. The number of rotatable bonds is 4. The minimum absolute atomic E-state index is 0.113. The molecule has 3 rings (SSSR count). The summed E-state index contributed by atoms with van der Waals surface area (Å²) in [6, 6.07) is 0. The van der Waals surface area contributed by atoms with Gasteiger partial charge in [-0.1, -0.05) is 27.7 Å². The van der Waals surface area contributed by atoms with Gasteiger partial charge in [0.2, 0.25) is 0 Å². The Labute approximate surface area is 162 Å². The third kappa shape index (κ3) is 3.22. The topological polar surface area (TPSA) is 72.8 Å². The van der Waals surface area contributed by atoms with Crippen LogP contribution in [0.25, 0.3) is 0 Å². The lowest BCUT2D eigenvalue weighted by atomic mass is 9.43. The first-order chi connectivity index (χ1) is 12.5. The number of hydrogen-bond acceptors (Lipinski definition) is 5. The zero-order chi connectivity index (χ0) is 20.0. The summed E-state index contributed by atoms with van der Waals surface area (Å²) in [5.74, 6) is -0.0582. The Balaban J connectivity index is 1.87. The van der Waals surface area contributed by atoms with Gasteiger partial charge in [-0.15, -0.1) is 0 Å². The number of ether oxygens (including phenoxy) is 2. The average Bonchev–Trinajstić information content (AvgIpc) is 2.98. The summed E-state index contributed by atoms with van der Waals surface area (Å²) in [6.45, 7) is 10.5. The molecule has 0 aromatic carbocycles. The second kappa shape index (κ2) is 6.91. The molecule has 152 valence electrons. The predicted octanol–water partition coefficient (Wildman–Crippen LogP) is 3.79. The molecule has 0 aromatic rings. The van der Waals surface area contributed by atoms with Crippen LogP contribution in [0.5, 0.6) is 0 Å². The van der Waals surface area contributed by atoms with Gasteiger partial charge in [0, 0.05) is 23.3 Å². The van der Waals surface area contributed by atoms with Crippen LogP contribution in [0.1, 0.15) is 73.1 Å². The van der Waals surface area contributed by atoms with Gasteiger partial charge >= 0.3 is 11.9 Å². The van der Waals surface area contributed by atoms with Crippen LogP contribution in [-0.2, 0) is 19.1 Å². The molecular weight excluding hydrogens is 344 g/mol. The fourth-order valence-corrected chi connectivity index (χ4v) is 6.32. The summed E-state index contributed by atoms with van der Waals surface area (Å²) in [5.41, 5.74) is -0.626. The number of aliphatic hydroxyl groups is 1. The van der Waals surface area contributed by atoms with E-state index in [0.29, 0.717) is 25.0 Å². The zero-order valence-electron chi connectivity index (χ0n) is 17.3. The average molecular weight is 379 g/mol. The van der Waals surface area contributed by atoms with E-state index in [-0.39, 0.29) is 40.7 Å². The predicted molar refractivity (Wildman–Crippen MR) is 102 cm³/mol. The van der Waals surface area contributed by atoms with Gasteiger partial charge < -0.3 is 14.6 Å². The molecule has 0 saturated heterocycles. The van der Waals surface area contributed by atoms with E-state index >= 15 is 0 Å². The summed E-state index contributed by atoms with van der Waals surface area (Å²) in [5, 5.41) is 12.0. The van der Waals surface area contributed by atoms with E-state index in [2.05, 4.69) is 27.7 Å². The van der Waals surface area contributed by atoms with E-state index in [4.69, 9.17) is 9.47 Å². The Morgan fingerprint density at radius 3 is 2.59 bits per heavy atom. The maximum absolute atomic E-state index is 12.0. The summed E-state index contributed by atoms with van der Waals surface area (Å²) in [6.07, 6.45) is 6.39. The maximum atomic E-state index is 12.0. The van der Waals surface area contributed by atoms with Crippen LogP contribution < -0.4 is 0 Å². The van der Waals surface area contributed by atoms with Gasteiger partial charge in [-0.3, -0.25) is 4.79 Å². The smallest absolute Gasteiger partial charge is 0.334 e. The Kier molecular flexibility index (Phi) is 5.21. The van der Waals surface area contributed by atoms with E-state index in [9.17, 15) is 14.7 Å². The number of carbonyl (C=O) groups excluding carboxylic acids is 2. The van der Waals surface area contributed by atoms with Crippen molar-refractivity contribution >= 4 is 11.9 Å². The molecule has 27 heavy (non-hydrogen) atoms. The van der Waals surface area contributed by atoms with Gasteiger partial charge in [-0.2, -0.15) is 0 Å². The lowest BCUT2D eigenvalue weighted by Crippen LogP contribution is -2.65. The molecule has 5 unspecified atom stereocenters. The van der Waals surface area contributed by atoms with Crippen LogP contribution in [0.15, 0.2) is 11.6 Å². The van der Waals surface area contributed by atoms with Crippen LogP contribution >= 0.6 is 0 Å². The van der Waals surface area contributed by atoms with Crippen molar-refractivity contribution in [3.63, 3.8) is 0 Å². The van der Waals surface area contributed by atoms with Gasteiger partial charge in [0.15, 0.2) is 0 Å². The van der Waals surface area contributed by atoms with Crippen molar-refractivity contribution in [2.24, 2.45) is 22.7 Å². The summed E-state index contributed by atoms with van der Waals surface area (Å²) < 4.78 is 10.7. The fraction of sp³-hybridized carbons (Fsp3) is 0.818. The van der Waals surface area contributed by atoms with Crippen molar-refractivity contribution in [1.29, 1.82) is 0 Å². The van der Waals surface area contributed by atoms with E-state index in [1.54, 1.807) is 0 Å². The van der Waals surface area contributed by atoms with Crippen LogP contribution in [0.3, 0.4) is 0 Å². The van der Waals surface area contributed by atoms with Crippen molar-refractivity contribution in [3.8, 4) is 0 Å². The van der Waals surface area contributed by atoms with Gasteiger partial charge in [0.25, 0.3) is 0 Å². The van der Waals surface area contributed by atoms with Gasteiger partial charge in [-0.05, 0) is 56.4 Å². The summed E-state index contributed by atoms with van der Waals surface area (Å²) >= 11 is 0. The third-order valence-electron chi connectivity index (χ3n) is 8.01. The third-order valence-corrected chi connectivity index (χ3v) is 8.01. The standard InChI is InChI=1S/C22H34O5/c1-14-6-7-17-20(3,4)18(27-15(2)23)9-11-21(17,5)22(14,25)12-8-16-10-13-26-19(16)24/h10,14,17-18,25H,6-9,11-13H2,1-5H3. The second-order valence-corrected chi connectivity index (χ2v) is 9.66. The first-order valence-corrected chi connectivity index (χ1v) is 10.3. The van der Waals surface area contributed by atoms with Crippen molar-refractivity contribution < 1.29 is 24.2 Å². The van der Waals surface area contributed by atoms with E-state index < -0.39 is 5.60 Å².